The zero-order valence-electron chi connectivity index (χ0n) is 18.6. The molecule has 11 heteroatoms. The number of aryl methyl sites for hydroxylation is 1. The summed E-state index contributed by atoms with van der Waals surface area (Å²) in [7, 11) is -1.86. The van der Waals surface area contributed by atoms with Crippen LogP contribution in [0.5, 0.6) is 0 Å². The van der Waals surface area contributed by atoms with Crippen LogP contribution in [0, 0.1) is 11.6 Å². The van der Waals surface area contributed by atoms with E-state index in [4.69, 9.17) is 0 Å². The van der Waals surface area contributed by atoms with Gasteiger partial charge in [-0.1, -0.05) is 6.07 Å². The normalized spacial score (nSPS) is 13.1. The minimum atomic E-state index is -3.38. The van der Waals surface area contributed by atoms with E-state index in [0.29, 0.717) is 27.8 Å². The van der Waals surface area contributed by atoms with Crippen molar-refractivity contribution in [2.24, 2.45) is 7.05 Å². The summed E-state index contributed by atoms with van der Waals surface area (Å²) < 4.78 is 53.8. The lowest BCUT2D eigenvalue weighted by molar-refractivity contribution is 0.0690. The number of anilines is 2. The SMILES string of the molecule is Cn1cc2c3c(c(C(=O)O)[nH]c3c1=O)CN(c1ccc(F)cc1F)c1ccc(CS(C)(=O)=O)cc1-2. The highest BCUT2D eigenvalue weighted by Crippen LogP contribution is 2.45. The topological polar surface area (TPSA) is 112 Å². The number of sulfone groups is 1. The molecule has 2 aromatic heterocycles. The molecule has 35 heavy (non-hydrogen) atoms. The predicted molar refractivity (Wildman–Crippen MR) is 127 cm³/mol. The number of rotatable bonds is 4. The van der Waals surface area contributed by atoms with Crippen LogP contribution >= 0.6 is 0 Å². The van der Waals surface area contributed by atoms with Crippen molar-refractivity contribution in [2.45, 2.75) is 12.3 Å². The highest BCUT2D eigenvalue weighted by atomic mass is 32.2. The Kier molecular flexibility index (Phi) is 5.06. The second-order valence-corrected chi connectivity index (χ2v) is 10.7. The number of fused-ring (bicyclic) bond motifs is 2. The van der Waals surface area contributed by atoms with Crippen LogP contribution in [0.1, 0.15) is 21.6 Å². The van der Waals surface area contributed by atoms with Gasteiger partial charge in [0, 0.05) is 53.3 Å². The number of H-pyrrole nitrogens is 1. The molecule has 180 valence electrons. The molecule has 0 fully saturated rings. The van der Waals surface area contributed by atoms with Crippen LogP contribution in [0.25, 0.3) is 22.0 Å². The van der Waals surface area contributed by atoms with E-state index in [9.17, 15) is 31.9 Å². The van der Waals surface area contributed by atoms with Crippen molar-refractivity contribution in [1.82, 2.24) is 9.55 Å². The largest absolute Gasteiger partial charge is 0.477 e. The molecule has 0 saturated heterocycles. The number of benzene rings is 2. The average molecular weight is 499 g/mol. The van der Waals surface area contributed by atoms with E-state index in [1.807, 2.05) is 0 Å². The number of pyridine rings is 1. The molecule has 0 atom stereocenters. The summed E-state index contributed by atoms with van der Waals surface area (Å²) in [6, 6.07) is 7.91. The molecule has 5 rings (SSSR count). The van der Waals surface area contributed by atoms with Crippen LogP contribution in [-0.4, -0.2) is 35.3 Å². The Labute approximate surface area is 198 Å². The summed E-state index contributed by atoms with van der Waals surface area (Å²) in [5.41, 5.74) is 1.51. The van der Waals surface area contributed by atoms with Gasteiger partial charge in [0.2, 0.25) is 0 Å². The molecule has 3 heterocycles. The van der Waals surface area contributed by atoms with Gasteiger partial charge in [0.25, 0.3) is 5.56 Å². The Bertz CT molecular complexity index is 1720. The van der Waals surface area contributed by atoms with Crippen molar-refractivity contribution < 1.29 is 27.1 Å². The lowest BCUT2D eigenvalue weighted by Gasteiger charge is -2.26. The number of halogens is 2. The van der Waals surface area contributed by atoms with Gasteiger partial charge in [0.1, 0.15) is 22.8 Å². The van der Waals surface area contributed by atoms with Gasteiger partial charge >= 0.3 is 5.97 Å². The van der Waals surface area contributed by atoms with E-state index in [-0.39, 0.29) is 34.8 Å². The fourth-order valence-corrected chi connectivity index (χ4v) is 5.40. The van der Waals surface area contributed by atoms with Gasteiger partial charge < -0.3 is 19.6 Å². The van der Waals surface area contributed by atoms with Gasteiger partial charge in [-0.3, -0.25) is 4.79 Å². The first-order chi connectivity index (χ1) is 16.4. The molecule has 4 aromatic rings. The third-order valence-electron chi connectivity index (χ3n) is 6.03. The number of aromatic carboxylic acids is 1. The van der Waals surface area contributed by atoms with Crippen LogP contribution in [0.4, 0.5) is 20.2 Å². The first-order valence-electron chi connectivity index (χ1n) is 10.5. The highest BCUT2D eigenvalue weighted by molar-refractivity contribution is 7.89. The van der Waals surface area contributed by atoms with E-state index in [1.165, 1.54) is 22.6 Å². The number of carboxylic acids is 1. The van der Waals surface area contributed by atoms with Crippen LogP contribution in [0.15, 0.2) is 47.4 Å². The number of nitrogens with one attached hydrogen (secondary N) is 1. The van der Waals surface area contributed by atoms with Gasteiger partial charge in [0.05, 0.1) is 18.0 Å². The van der Waals surface area contributed by atoms with Gasteiger partial charge in [-0.05, 0) is 29.8 Å². The molecule has 0 saturated carbocycles. The molecule has 1 aliphatic rings. The number of aromatic amines is 1. The second kappa shape index (κ2) is 7.77. The van der Waals surface area contributed by atoms with Crippen molar-refractivity contribution in [3.63, 3.8) is 0 Å². The summed E-state index contributed by atoms with van der Waals surface area (Å²) in [6.45, 7) is -0.136. The zero-order chi connectivity index (χ0) is 25.2. The van der Waals surface area contributed by atoms with Crippen molar-refractivity contribution in [1.29, 1.82) is 0 Å². The first kappa shape index (κ1) is 22.8. The zero-order valence-corrected chi connectivity index (χ0v) is 19.4. The maximum Gasteiger partial charge on any atom is 0.352 e. The van der Waals surface area contributed by atoms with Crippen molar-refractivity contribution in [2.75, 3.05) is 11.2 Å². The summed E-state index contributed by atoms with van der Waals surface area (Å²) in [6.07, 6.45) is 2.65. The molecule has 2 N–H and O–H groups in total. The third kappa shape index (κ3) is 3.77. The number of hydrogen-bond donors (Lipinski definition) is 2. The van der Waals surface area contributed by atoms with Crippen molar-refractivity contribution in [3.8, 4) is 11.1 Å². The minimum absolute atomic E-state index is 0.00581. The molecule has 0 unspecified atom stereocenters. The van der Waals surface area contributed by atoms with Crippen molar-refractivity contribution in [3.05, 3.63) is 81.4 Å². The molecule has 1 aliphatic heterocycles. The number of nitrogens with zero attached hydrogens (tertiary/aromatic N) is 2. The predicted octanol–water partition coefficient (Wildman–Crippen LogP) is 3.71. The lowest BCUT2D eigenvalue weighted by Crippen LogP contribution is -2.19. The Morgan fingerprint density at radius 3 is 2.49 bits per heavy atom. The third-order valence-corrected chi connectivity index (χ3v) is 6.89. The summed E-state index contributed by atoms with van der Waals surface area (Å²) in [4.78, 5) is 29.2. The smallest absolute Gasteiger partial charge is 0.352 e. The number of carbonyl (C=O) groups is 1. The molecule has 0 bridgehead atoms. The standard InChI is InChI=1S/C24H19F2N3O5S/c1-28-9-15-14-7-12(11-35(2,33)34)3-5-18(14)29(19-6-4-13(25)8-17(19)26)10-16-20(15)22(23(28)30)27-21(16)24(31)32/h3-9,27H,10-11H2,1-2H3,(H,31,32). The highest BCUT2D eigenvalue weighted by Gasteiger charge is 2.31. The Balaban J connectivity index is 1.90. The quantitative estimate of drug-likeness (QED) is 0.443. The molecular formula is C24H19F2N3O5S. The second-order valence-electron chi connectivity index (χ2n) is 8.60. The molecule has 2 aromatic carbocycles. The Morgan fingerprint density at radius 1 is 1.11 bits per heavy atom. The Morgan fingerprint density at radius 2 is 1.83 bits per heavy atom. The molecule has 0 amide bonds. The summed E-state index contributed by atoms with van der Waals surface area (Å²) >= 11 is 0. The van der Waals surface area contributed by atoms with Crippen molar-refractivity contribution >= 4 is 38.1 Å². The fraction of sp³-hybridized carbons (Fsp3) is 0.167. The van der Waals surface area contributed by atoms with Gasteiger partial charge in [-0.15, -0.1) is 0 Å². The van der Waals surface area contributed by atoms with Gasteiger partial charge in [-0.2, -0.15) is 0 Å². The van der Waals surface area contributed by atoms with Crippen LogP contribution in [0.3, 0.4) is 0 Å². The maximum absolute atomic E-state index is 15.0. The van der Waals surface area contributed by atoms with E-state index >= 15 is 0 Å². The fourth-order valence-electron chi connectivity index (χ4n) is 4.62. The number of carboxylic acid groups (broad SMARTS) is 1. The van der Waals surface area contributed by atoms with E-state index in [0.717, 1.165) is 18.4 Å². The molecule has 0 aliphatic carbocycles. The van der Waals surface area contributed by atoms with Gasteiger partial charge in [0.15, 0.2) is 9.84 Å². The summed E-state index contributed by atoms with van der Waals surface area (Å²) in [5.74, 6) is -3.18. The lowest BCUT2D eigenvalue weighted by atomic mass is 9.99. The molecule has 0 radical (unpaired) electrons. The van der Waals surface area contributed by atoms with E-state index in [2.05, 4.69) is 4.98 Å². The van der Waals surface area contributed by atoms with Crippen LogP contribution < -0.4 is 10.5 Å². The number of hydrogen-bond acceptors (Lipinski definition) is 5. The number of aromatic nitrogens is 2. The van der Waals surface area contributed by atoms with Crippen LogP contribution in [0.2, 0.25) is 0 Å². The Hall–Kier alpha value is -3.99. The first-order valence-corrected chi connectivity index (χ1v) is 12.5. The monoisotopic (exact) mass is 499 g/mol. The van der Waals surface area contributed by atoms with Gasteiger partial charge in [-0.25, -0.2) is 22.0 Å². The maximum atomic E-state index is 15.0. The average Bonchev–Trinajstić information content (AvgIpc) is 3.08. The van der Waals surface area contributed by atoms with Crippen LogP contribution in [-0.2, 0) is 29.2 Å². The molecular weight excluding hydrogens is 480 g/mol. The van der Waals surface area contributed by atoms with E-state index in [1.54, 1.807) is 24.4 Å². The minimum Gasteiger partial charge on any atom is -0.477 e. The molecule has 0 spiro atoms. The molecule has 8 nitrogen and oxygen atoms in total. The summed E-state index contributed by atoms with van der Waals surface area (Å²) in [5, 5.41) is 10.2. The van der Waals surface area contributed by atoms with E-state index < -0.39 is 33.0 Å².